The molecular formula is C25H25FN4OS. The van der Waals surface area contributed by atoms with Crippen molar-refractivity contribution in [2.24, 2.45) is 0 Å². The summed E-state index contributed by atoms with van der Waals surface area (Å²) in [6.07, 6.45) is 4.73. The molecule has 7 heteroatoms. The molecule has 5 rings (SSSR count). The smallest absolute Gasteiger partial charge is 0.124 e. The van der Waals surface area contributed by atoms with Crippen LogP contribution >= 0.6 is 11.3 Å². The predicted molar refractivity (Wildman–Crippen MR) is 124 cm³/mol. The lowest BCUT2D eigenvalue weighted by Gasteiger charge is -2.26. The molecule has 0 spiro atoms. The van der Waals surface area contributed by atoms with Gasteiger partial charge in [-0.25, -0.2) is 14.4 Å². The van der Waals surface area contributed by atoms with Gasteiger partial charge < -0.3 is 9.30 Å². The summed E-state index contributed by atoms with van der Waals surface area (Å²) in [5, 5.41) is 0.902. The molecule has 164 valence electrons. The van der Waals surface area contributed by atoms with Gasteiger partial charge in [0.1, 0.15) is 22.4 Å². The summed E-state index contributed by atoms with van der Waals surface area (Å²) in [7, 11) is 1.71. The number of halogens is 1. The van der Waals surface area contributed by atoms with E-state index in [9.17, 15) is 4.39 Å². The molecule has 0 amide bonds. The molecule has 0 radical (unpaired) electrons. The lowest BCUT2D eigenvalue weighted by Crippen LogP contribution is -2.29. The minimum atomic E-state index is -0.224. The highest BCUT2D eigenvalue weighted by Gasteiger charge is 2.22. The molecule has 2 aromatic carbocycles. The monoisotopic (exact) mass is 448 g/mol. The number of ether oxygens (including phenoxy) is 1. The molecule has 1 aliphatic rings. The van der Waals surface area contributed by atoms with E-state index >= 15 is 0 Å². The van der Waals surface area contributed by atoms with Gasteiger partial charge in [0.05, 0.1) is 19.3 Å². The zero-order valence-electron chi connectivity index (χ0n) is 18.2. The second kappa shape index (κ2) is 8.84. The summed E-state index contributed by atoms with van der Waals surface area (Å²) in [6.45, 7) is 5.44. The fraction of sp³-hybridized carbons (Fsp3) is 0.280. The summed E-state index contributed by atoms with van der Waals surface area (Å²) in [4.78, 5) is 12.8. The largest absolute Gasteiger partial charge is 0.496 e. The molecule has 2 aromatic heterocycles. The average molecular weight is 449 g/mol. The maximum atomic E-state index is 13.6. The van der Waals surface area contributed by atoms with Gasteiger partial charge >= 0.3 is 0 Å². The number of methoxy groups -OCH3 is 1. The van der Waals surface area contributed by atoms with Crippen LogP contribution in [0.4, 0.5) is 4.39 Å². The molecule has 0 unspecified atom stereocenters. The first-order valence-corrected chi connectivity index (χ1v) is 11.5. The normalized spacial score (nSPS) is 13.8. The third kappa shape index (κ3) is 4.31. The Morgan fingerprint density at radius 2 is 2.06 bits per heavy atom. The van der Waals surface area contributed by atoms with Gasteiger partial charge in [-0.3, -0.25) is 4.90 Å². The first-order valence-electron chi connectivity index (χ1n) is 10.7. The van der Waals surface area contributed by atoms with Gasteiger partial charge in [0.2, 0.25) is 0 Å². The highest BCUT2D eigenvalue weighted by Crippen LogP contribution is 2.32. The molecule has 1 aliphatic heterocycles. The number of hydrogen-bond acceptors (Lipinski definition) is 5. The minimum Gasteiger partial charge on any atom is -0.496 e. The molecule has 3 heterocycles. The third-order valence-electron chi connectivity index (χ3n) is 5.90. The number of imidazole rings is 1. The van der Waals surface area contributed by atoms with Crippen LogP contribution in [0, 0.1) is 12.7 Å². The first kappa shape index (κ1) is 20.8. The van der Waals surface area contributed by atoms with E-state index in [-0.39, 0.29) is 5.82 Å². The molecule has 0 bridgehead atoms. The molecule has 0 aliphatic carbocycles. The van der Waals surface area contributed by atoms with Gasteiger partial charge in [0.15, 0.2) is 0 Å². The number of fused-ring (bicyclic) bond motifs is 1. The highest BCUT2D eigenvalue weighted by molar-refractivity contribution is 7.15. The van der Waals surface area contributed by atoms with E-state index < -0.39 is 0 Å². The van der Waals surface area contributed by atoms with Crippen LogP contribution in [-0.2, 0) is 26.1 Å². The zero-order valence-corrected chi connectivity index (χ0v) is 19.0. The Kier molecular flexibility index (Phi) is 5.76. The number of aryl methyl sites for hydroxylation is 1. The quantitative estimate of drug-likeness (QED) is 0.413. The molecule has 0 atom stereocenters. The van der Waals surface area contributed by atoms with Crippen molar-refractivity contribution in [3.05, 3.63) is 88.2 Å². The average Bonchev–Trinajstić information content (AvgIpc) is 3.40. The number of thiazole rings is 1. The molecule has 5 nitrogen and oxygen atoms in total. The standard InChI is InChI=1S/C25H25FN4OS/c1-17-27-9-11-30(17)15-20-12-18(6-7-23(20)31-2)14-29-10-8-22-24(16-29)32-25(28-22)19-4-3-5-21(26)13-19/h3-7,9,11-13H,8,10,14-16H2,1-2H3. The van der Waals surface area contributed by atoms with Crippen molar-refractivity contribution >= 4 is 11.3 Å². The molecule has 32 heavy (non-hydrogen) atoms. The fourth-order valence-electron chi connectivity index (χ4n) is 4.19. The van der Waals surface area contributed by atoms with Crippen LogP contribution in [0.5, 0.6) is 5.75 Å². The van der Waals surface area contributed by atoms with Crippen molar-refractivity contribution < 1.29 is 9.13 Å². The lowest BCUT2D eigenvalue weighted by atomic mass is 10.1. The van der Waals surface area contributed by atoms with Gasteiger partial charge in [0, 0.05) is 54.5 Å². The molecular weight excluding hydrogens is 423 g/mol. The van der Waals surface area contributed by atoms with E-state index in [1.54, 1.807) is 30.6 Å². The Labute approximate surface area is 191 Å². The van der Waals surface area contributed by atoms with Crippen LogP contribution in [0.3, 0.4) is 0 Å². The van der Waals surface area contributed by atoms with Gasteiger partial charge in [-0.1, -0.05) is 18.2 Å². The van der Waals surface area contributed by atoms with Crippen molar-refractivity contribution in [2.75, 3.05) is 13.7 Å². The maximum absolute atomic E-state index is 13.6. The van der Waals surface area contributed by atoms with Crippen molar-refractivity contribution in [3.63, 3.8) is 0 Å². The van der Waals surface area contributed by atoms with Crippen LogP contribution < -0.4 is 4.74 Å². The summed E-state index contributed by atoms with van der Waals surface area (Å²) < 4.78 is 21.3. The first-order chi connectivity index (χ1) is 15.6. The number of aromatic nitrogens is 3. The van der Waals surface area contributed by atoms with Crippen LogP contribution in [0.2, 0.25) is 0 Å². The number of hydrogen-bond donors (Lipinski definition) is 0. The topological polar surface area (TPSA) is 43.2 Å². The van der Waals surface area contributed by atoms with Gasteiger partial charge in [-0.2, -0.15) is 0 Å². The lowest BCUT2D eigenvalue weighted by molar-refractivity contribution is 0.247. The summed E-state index contributed by atoms with van der Waals surface area (Å²) >= 11 is 1.68. The fourth-order valence-corrected chi connectivity index (χ4v) is 5.34. The number of rotatable bonds is 6. The van der Waals surface area contributed by atoms with Crippen LogP contribution in [0.15, 0.2) is 54.9 Å². The Bertz CT molecular complexity index is 1250. The molecule has 0 saturated heterocycles. The zero-order chi connectivity index (χ0) is 22.1. The maximum Gasteiger partial charge on any atom is 0.124 e. The van der Waals surface area contributed by atoms with E-state index in [1.165, 1.54) is 16.5 Å². The predicted octanol–water partition coefficient (Wildman–Crippen LogP) is 5.07. The van der Waals surface area contributed by atoms with Gasteiger partial charge in [-0.15, -0.1) is 11.3 Å². The Morgan fingerprint density at radius 3 is 2.84 bits per heavy atom. The summed E-state index contributed by atoms with van der Waals surface area (Å²) in [6, 6.07) is 13.1. The minimum absolute atomic E-state index is 0.224. The van der Waals surface area contributed by atoms with Crippen molar-refractivity contribution in [1.82, 2.24) is 19.4 Å². The molecule has 0 fully saturated rings. The number of nitrogens with zero attached hydrogens (tertiary/aromatic N) is 4. The van der Waals surface area contributed by atoms with Crippen molar-refractivity contribution in [1.29, 1.82) is 0 Å². The molecule has 0 saturated carbocycles. The van der Waals surface area contributed by atoms with E-state index in [4.69, 9.17) is 9.72 Å². The van der Waals surface area contributed by atoms with Crippen LogP contribution in [0.25, 0.3) is 10.6 Å². The third-order valence-corrected chi connectivity index (χ3v) is 7.03. The van der Waals surface area contributed by atoms with Gasteiger partial charge in [0.25, 0.3) is 0 Å². The second-order valence-electron chi connectivity index (χ2n) is 8.11. The second-order valence-corrected chi connectivity index (χ2v) is 9.19. The molecule has 0 N–H and O–H groups in total. The van der Waals surface area contributed by atoms with E-state index in [1.807, 2.05) is 25.4 Å². The van der Waals surface area contributed by atoms with Crippen LogP contribution in [-0.4, -0.2) is 33.1 Å². The molecule has 4 aromatic rings. The highest BCUT2D eigenvalue weighted by atomic mass is 32.1. The Morgan fingerprint density at radius 1 is 1.16 bits per heavy atom. The van der Waals surface area contributed by atoms with E-state index in [0.29, 0.717) is 0 Å². The Hall–Kier alpha value is -3.03. The van der Waals surface area contributed by atoms with Crippen LogP contribution in [0.1, 0.15) is 27.5 Å². The Balaban J connectivity index is 1.32. The summed E-state index contributed by atoms with van der Waals surface area (Å²) in [5.41, 5.74) is 4.41. The SMILES string of the molecule is COc1ccc(CN2CCc3nc(-c4cccc(F)c4)sc3C2)cc1Cn1ccnc1C. The van der Waals surface area contributed by atoms with E-state index in [2.05, 4.69) is 32.7 Å². The van der Waals surface area contributed by atoms with Crippen molar-refractivity contribution in [2.45, 2.75) is 33.0 Å². The number of benzene rings is 2. The van der Waals surface area contributed by atoms with Gasteiger partial charge in [-0.05, 0) is 36.8 Å². The van der Waals surface area contributed by atoms with Crippen molar-refractivity contribution in [3.8, 4) is 16.3 Å². The summed E-state index contributed by atoms with van der Waals surface area (Å²) in [5.74, 6) is 1.66. The van der Waals surface area contributed by atoms with E-state index in [0.717, 1.165) is 66.0 Å².